The van der Waals surface area contributed by atoms with Crippen LogP contribution >= 0.6 is 11.3 Å². The molecule has 0 saturated carbocycles. The van der Waals surface area contributed by atoms with Crippen molar-refractivity contribution in [2.75, 3.05) is 0 Å². The van der Waals surface area contributed by atoms with Crippen LogP contribution in [0.2, 0.25) is 0 Å². The van der Waals surface area contributed by atoms with Gasteiger partial charge >= 0.3 is 0 Å². The van der Waals surface area contributed by atoms with E-state index in [1.165, 1.54) is 30.6 Å². The maximum atomic E-state index is 8.68. The molecule has 0 fully saturated rings. The minimum atomic E-state index is -0.445. The van der Waals surface area contributed by atoms with E-state index in [1.807, 2.05) is 6.07 Å². The fourth-order valence-corrected chi connectivity index (χ4v) is 2.49. The third-order valence-corrected chi connectivity index (χ3v) is 3.63. The number of aryl methyl sites for hydroxylation is 1. The number of nitrogens with two attached hydrogens (primary N) is 1. The largest absolute Gasteiger partial charge is 0.312 e. The Morgan fingerprint density at radius 2 is 2.20 bits per heavy atom. The molecule has 3 heteroatoms. The maximum Gasteiger partial charge on any atom is 0.128 e. The minimum Gasteiger partial charge on any atom is -0.312 e. The Morgan fingerprint density at radius 1 is 1.40 bits per heavy atom. The predicted molar refractivity (Wildman–Crippen MR) is 64.7 cm³/mol. The molecular formula is C12H18N2S. The van der Waals surface area contributed by atoms with E-state index in [4.69, 9.17) is 11.0 Å². The van der Waals surface area contributed by atoms with Crippen LogP contribution in [0.4, 0.5) is 0 Å². The molecule has 1 atom stereocenters. The van der Waals surface area contributed by atoms with E-state index in [0.29, 0.717) is 0 Å². The maximum absolute atomic E-state index is 8.68. The number of thiophene rings is 1. The van der Waals surface area contributed by atoms with Gasteiger partial charge in [0.2, 0.25) is 0 Å². The van der Waals surface area contributed by atoms with Crippen molar-refractivity contribution in [1.29, 1.82) is 5.26 Å². The highest BCUT2D eigenvalue weighted by atomic mass is 32.1. The molecule has 0 aliphatic rings. The highest BCUT2D eigenvalue weighted by Gasteiger charge is 2.07. The van der Waals surface area contributed by atoms with Gasteiger partial charge in [-0.2, -0.15) is 5.26 Å². The first kappa shape index (κ1) is 12.2. The van der Waals surface area contributed by atoms with Crippen molar-refractivity contribution in [3.05, 3.63) is 21.9 Å². The molecule has 0 aliphatic carbocycles. The fraction of sp³-hybridized carbons (Fsp3) is 0.583. The van der Waals surface area contributed by atoms with Gasteiger partial charge in [0.1, 0.15) is 6.04 Å². The van der Waals surface area contributed by atoms with Crippen LogP contribution in [-0.2, 0) is 6.42 Å². The first-order valence-electron chi connectivity index (χ1n) is 5.51. The summed E-state index contributed by atoms with van der Waals surface area (Å²) in [4.78, 5) is 2.34. The van der Waals surface area contributed by atoms with Crippen molar-refractivity contribution >= 4 is 11.3 Å². The zero-order valence-electron chi connectivity index (χ0n) is 9.20. The van der Waals surface area contributed by atoms with E-state index in [1.54, 1.807) is 11.3 Å². The van der Waals surface area contributed by atoms with Gasteiger partial charge in [-0.05, 0) is 25.0 Å². The molecule has 0 bridgehead atoms. The molecule has 2 nitrogen and oxygen atoms in total. The average molecular weight is 222 g/mol. The van der Waals surface area contributed by atoms with Gasteiger partial charge < -0.3 is 5.73 Å². The highest BCUT2D eigenvalue weighted by Crippen LogP contribution is 2.23. The van der Waals surface area contributed by atoms with Crippen LogP contribution in [0.1, 0.15) is 48.4 Å². The number of unbranched alkanes of at least 4 members (excludes halogenated alkanes) is 3. The zero-order chi connectivity index (χ0) is 11.1. The third-order valence-electron chi connectivity index (χ3n) is 2.40. The molecule has 0 aliphatic heterocycles. The number of hydrogen-bond donors (Lipinski definition) is 1. The molecule has 0 saturated heterocycles. The second kappa shape index (κ2) is 6.60. The van der Waals surface area contributed by atoms with Crippen LogP contribution in [0.15, 0.2) is 12.1 Å². The van der Waals surface area contributed by atoms with E-state index < -0.39 is 6.04 Å². The summed E-state index contributed by atoms with van der Waals surface area (Å²) in [6, 6.07) is 5.69. The lowest BCUT2D eigenvalue weighted by molar-refractivity contribution is 0.670. The van der Waals surface area contributed by atoms with Gasteiger partial charge in [0.15, 0.2) is 0 Å². The Morgan fingerprint density at radius 3 is 2.87 bits per heavy atom. The van der Waals surface area contributed by atoms with Crippen LogP contribution in [0.3, 0.4) is 0 Å². The topological polar surface area (TPSA) is 49.8 Å². The summed E-state index contributed by atoms with van der Waals surface area (Å²) in [6.07, 6.45) is 6.26. The molecule has 1 rings (SSSR count). The van der Waals surface area contributed by atoms with Crippen molar-refractivity contribution in [2.45, 2.75) is 45.1 Å². The van der Waals surface area contributed by atoms with E-state index in [-0.39, 0.29) is 0 Å². The lowest BCUT2D eigenvalue weighted by atomic mass is 10.1. The number of rotatable bonds is 6. The molecule has 0 amide bonds. The standard InChI is InChI=1S/C12H18N2S/c1-2-3-4-5-6-10-7-8-12(15-10)11(14)9-13/h7-8,11H,2-6,14H2,1H3. The zero-order valence-corrected chi connectivity index (χ0v) is 10.0. The lowest BCUT2D eigenvalue weighted by Crippen LogP contribution is -2.04. The quantitative estimate of drug-likeness (QED) is 0.750. The summed E-state index contributed by atoms with van der Waals surface area (Å²) in [5.74, 6) is 0. The van der Waals surface area contributed by atoms with Crippen LogP contribution in [-0.4, -0.2) is 0 Å². The van der Waals surface area contributed by atoms with Crippen LogP contribution in [0, 0.1) is 11.3 Å². The third kappa shape index (κ3) is 4.03. The van der Waals surface area contributed by atoms with Gasteiger partial charge in [-0.1, -0.05) is 26.2 Å². The normalized spacial score (nSPS) is 12.3. The van der Waals surface area contributed by atoms with Gasteiger partial charge in [0.25, 0.3) is 0 Å². The monoisotopic (exact) mass is 222 g/mol. The Balaban J connectivity index is 2.37. The van der Waals surface area contributed by atoms with E-state index >= 15 is 0 Å². The summed E-state index contributed by atoms with van der Waals surface area (Å²) in [5.41, 5.74) is 5.63. The Bertz CT molecular complexity index is 325. The Labute approximate surface area is 95.7 Å². The molecule has 2 N–H and O–H groups in total. The van der Waals surface area contributed by atoms with Gasteiger partial charge in [0, 0.05) is 9.75 Å². The van der Waals surface area contributed by atoms with Crippen molar-refractivity contribution < 1.29 is 0 Å². The molecule has 1 aromatic rings. The van der Waals surface area contributed by atoms with Crippen molar-refractivity contribution in [1.82, 2.24) is 0 Å². The second-order valence-corrected chi connectivity index (χ2v) is 4.92. The summed E-state index contributed by atoms with van der Waals surface area (Å²) in [6.45, 7) is 2.22. The second-order valence-electron chi connectivity index (χ2n) is 3.72. The molecule has 1 heterocycles. The number of nitrogens with zero attached hydrogens (tertiary/aromatic N) is 1. The summed E-state index contributed by atoms with van der Waals surface area (Å²) >= 11 is 1.68. The molecule has 0 spiro atoms. The van der Waals surface area contributed by atoms with Crippen LogP contribution in [0.25, 0.3) is 0 Å². The summed E-state index contributed by atoms with van der Waals surface area (Å²) < 4.78 is 0. The van der Waals surface area contributed by atoms with Crippen molar-refractivity contribution in [2.24, 2.45) is 5.73 Å². The minimum absolute atomic E-state index is 0.445. The van der Waals surface area contributed by atoms with Crippen molar-refractivity contribution in [3.63, 3.8) is 0 Å². The van der Waals surface area contributed by atoms with Gasteiger partial charge in [0.05, 0.1) is 6.07 Å². The Kier molecular flexibility index (Phi) is 5.38. The predicted octanol–water partition coefficient (Wildman–Crippen LogP) is 3.39. The molecule has 0 radical (unpaired) electrons. The smallest absolute Gasteiger partial charge is 0.128 e. The number of hydrogen-bond acceptors (Lipinski definition) is 3. The van der Waals surface area contributed by atoms with E-state index in [9.17, 15) is 0 Å². The van der Waals surface area contributed by atoms with Gasteiger partial charge in [-0.3, -0.25) is 0 Å². The molecule has 82 valence electrons. The molecule has 1 unspecified atom stereocenters. The first-order chi connectivity index (χ1) is 7.27. The highest BCUT2D eigenvalue weighted by molar-refractivity contribution is 7.12. The molecule has 0 aromatic carbocycles. The average Bonchev–Trinajstić information content (AvgIpc) is 2.72. The van der Waals surface area contributed by atoms with Gasteiger partial charge in [-0.25, -0.2) is 0 Å². The summed E-state index contributed by atoms with van der Waals surface area (Å²) in [7, 11) is 0. The molecular weight excluding hydrogens is 204 g/mol. The molecule has 1 aromatic heterocycles. The molecule has 15 heavy (non-hydrogen) atoms. The van der Waals surface area contributed by atoms with Gasteiger partial charge in [-0.15, -0.1) is 11.3 Å². The van der Waals surface area contributed by atoms with Crippen LogP contribution < -0.4 is 5.73 Å². The van der Waals surface area contributed by atoms with E-state index in [0.717, 1.165) is 11.3 Å². The fourth-order valence-electron chi connectivity index (χ4n) is 1.49. The number of nitriles is 1. The van der Waals surface area contributed by atoms with Crippen LogP contribution in [0.5, 0.6) is 0 Å². The first-order valence-corrected chi connectivity index (χ1v) is 6.33. The lowest BCUT2D eigenvalue weighted by Gasteiger charge is -1.98. The summed E-state index contributed by atoms with van der Waals surface area (Å²) in [5, 5.41) is 8.68. The Hall–Kier alpha value is -0.850. The van der Waals surface area contributed by atoms with E-state index in [2.05, 4.69) is 19.1 Å². The SMILES string of the molecule is CCCCCCc1ccc(C(N)C#N)s1. The van der Waals surface area contributed by atoms with Crippen molar-refractivity contribution in [3.8, 4) is 6.07 Å².